The molecular weight excluding hydrogens is 146 g/mol. The van der Waals surface area contributed by atoms with Crippen LogP contribution in [-0.4, -0.2) is 0 Å². The molecule has 1 aromatic rings. The van der Waals surface area contributed by atoms with Crippen LogP contribution in [0.15, 0.2) is 30.9 Å². The van der Waals surface area contributed by atoms with E-state index in [9.17, 15) is 0 Å². The number of aryl methyl sites for hydroxylation is 1. The Morgan fingerprint density at radius 1 is 1.58 bits per heavy atom. The van der Waals surface area contributed by atoms with Crippen LogP contribution in [0.25, 0.3) is 0 Å². The van der Waals surface area contributed by atoms with E-state index in [0.29, 0.717) is 0 Å². The monoisotopic (exact) mass is 157 g/mol. The summed E-state index contributed by atoms with van der Waals surface area (Å²) in [6.45, 7) is 5.59. The third-order valence-electron chi connectivity index (χ3n) is 1.80. The van der Waals surface area contributed by atoms with Gasteiger partial charge in [0.25, 0.3) is 0 Å². The van der Waals surface area contributed by atoms with Crippen LogP contribution in [0.2, 0.25) is 0 Å². The van der Waals surface area contributed by atoms with Gasteiger partial charge in [-0.15, -0.1) is 6.58 Å². The Bertz CT molecular complexity index is 331. The Balaban J connectivity index is 3.07. The van der Waals surface area contributed by atoms with Gasteiger partial charge in [-0.25, -0.2) is 0 Å². The van der Waals surface area contributed by atoms with Crippen molar-refractivity contribution in [2.45, 2.75) is 13.3 Å². The smallest absolute Gasteiger partial charge is 0.0994 e. The van der Waals surface area contributed by atoms with Gasteiger partial charge in [0.2, 0.25) is 0 Å². The van der Waals surface area contributed by atoms with Gasteiger partial charge >= 0.3 is 0 Å². The molecule has 1 rings (SSSR count). The number of hydrogen-bond acceptors (Lipinski definition) is 1. The van der Waals surface area contributed by atoms with Crippen molar-refractivity contribution in [1.82, 2.24) is 0 Å². The maximum atomic E-state index is 8.74. The van der Waals surface area contributed by atoms with Crippen molar-refractivity contribution in [2.75, 3.05) is 0 Å². The highest BCUT2D eigenvalue weighted by Gasteiger charge is 1.97. The molecule has 12 heavy (non-hydrogen) atoms. The number of nitrogens with zero attached hydrogens (tertiary/aromatic N) is 1. The second-order valence-electron chi connectivity index (χ2n) is 2.75. The predicted molar refractivity (Wildman–Crippen MR) is 49.8 cm³/mol. The maximum Gasteiger partial charge on any atom is 0.0994 e. The van der Waals surface area contributed by atoms with Crippen LogP contribution in [0.1, 0.15) is 16.7 Å². The number of nitriles is 1. The second kappa shape index (κ2) is 3.73. The molecule has 60 valence electrons. The second-order valence-corrected chi connectivity index (χ2v) is 2.75. The standard InChI is InChI=1S/C11H11N/c1-3-4-10-6-5-9(2)11(7-10)8-12/h3,5-7H,1,4H2,2H3. The van der Waals surface area contributed by atoms with E-state index in [4.69, 9.17) is 5.26 Å². The molecule has 0 saturated heterocycles. The fourth-order valence-corrected chi connectivity index (χ4v) is 1.08. The van der Waals surface area contributed by atoms with Crippen LogP contribution in [-0.2, 0) is 6.42 Å². The third kappa shape index (κ3) is 1.73. The first kappa shape index (κ1) is 8.55. The zero-order valence-electron chi connectivity index (χ0n) is 7.17. The Morgan fingerprint density at radius 2 is 2.33 bits per heavy atom. The van der Waals surface area contributed by atoms with Crippen LogP contribution in [0.3, 0.4) is 0 Å². The van der Waals surface area contributed by atoms with Gasteiger partial charge in [0.1, 0.15) is 0 Å². The van der Waals surface area contributed by atoms with Crippen LogP contribution in [0.4, 0.5) is 0 Å². The highest BCUT2D eigenvalue weighted by Crippen LogP contribution is 2.10. The summed E-state index contributed by atoms with van der Waals surface area (Å²) in [6.07, 6.45) is 2.67. The van der Waals surface area contributed by atoms with Gasteiger partial charge in [0.05, 0.1) is 11.6 Å². The molecule has 0 fully saturated rings. The van der Waals surface area contributed by atoms with Gasteiger partial charge in [-0.3, -0.25) is 0 Å². The fraction of sp³-hybridized carbons (Fsp3) is 0.182. The normalized spacial score (nSPS) is 9.00. The first-order valence-corrected chi connectivity index (χ1v) is 3.88. The van der Waals surface area contributed by atoms with Crippen molar-refractivity contribution >= 4 is 0 Å². The zero-order valence-corrected chi connectivity index (χ0v) is 7.17. The van der Waals surface area contributed by atoms with E-state index in [1.165, 1.54) is 0 Å². The summed E-state index contributed by atoms with van der Waals surface area (Å²) in [7, 11) is 0. The van der Waals surface area contributed by atoms with Crippen molar-refractivity contribution in [1.29, 1.82) is 5.26 Å². The molecule has 0 radical (unpaired) electrons. The van der Waals surface area contributed by atoms with E-state index in [0.717, 1.165) is 23.1 Å². The van der Waals surface area contributed by atoms with Crippen LogP contribution in [0.5, 0.6) is 0 Å². The summed E-state index contributed by atoms with van der Waals surface area (Å²) >= 11 is 0. The summed E-state index contributed by atoms with van der Waals surface area (Å²) in [5.41, 5.74) is 2.94. The molecule has 0 aromatic heterocycles. The first-order valence-electron chi connectivity index (χ1n) is 3.88. The predicted octanol–water partition coefficient (Wildman–Crippen LogP) is 2.60. The lowest BCUT2D eigenvalue weighted by molar-refractivity contribution is 1.25. The summed E-state index contributed by atoms with van der Waals surface area (Å²) in [5, 5.41) is 8.74. The molecule has 0 heterocycles. The topological polar surface area (TPSA) is 23.8 Å². The van der Waals surface area contributed by atoms with Crippen molar-refractivity contribution in [3.63, 3.8) is 0 Å². The molecule has 1 heteroatoms. The quantitative estimate of drug-likeness (QED) is 0.605. The lowest BCUT2D eigenvalue weighted by Gasteiger charge is -1.99. The van der Waals surface area contributed by atoms with Gasteiger partial charge in [0, 0.05) is 0 Å². The number of benzene rings is 1. The SMILES string of the molecule is C=CCc1ccc(C)c(C#N)c1. The molecule has 0 saturated carbocycles. The minimum absolute atomic E-state index is 0.759. The van der Waals surface area contributed by atoms with E-state index in [1.54, 1.807) is 0 Å². The minimum atomic E-state index is 0.759. The molecule has 0 spiro atoms. The number of hydrogen-bond donors (Lipinski definition) is 0. The number of allylic oxidation sites excluding steroid dienone is 1. The largest absolute Gasteiger partial charge is 0.192 e. The summed E-state index contributed by atoms with van der Waals surface area (Å²) in [5.74, 6) is 0. The van der Waals surface area contributed by atoms with E-state index < -0.39 is 0 Å². The van der Waals surface area contributed by atoms with Gasteiger partial charge in [-0.05, 0) is 30.5 Å². The summed E-state index contributed by atoms with van der Waals surface area (Å²) in [4.78, 5) is 0. The van der Waals surface area contributed by atoms with Gasteiger partial charge in [0.15, 0.2) is 0 Å². The Kier molecular flexibility index (Phi) is 2.66. The van der Waals surface area contributed by atoms with Crippen LogP contribution < -0.4 is 0 Å². The first-order chi connectivity index (χ1) is 5.77. The Labute approximate surface area is 73.0 Å². The van der Waals surface area contributed by atoms with E-state index >= 15 is 0 Å². The lowest BCUT2D eigenvalue weighted by atomic mass is 10.0. The van der Waals surface area contributed by atoms with Crippen LogP contribution in [0, 0.1) is 18.3 Å². The van der Waals surface area contributed by atoms with E-state index in [-0.39, 0.29) is 0 Å². The average Bonchev–Trinajstić information content (AvgIpc) is 2.09. The highest BCUT2D eigenvalue weighted by molar-refractivity contribution is 5.40. The van der Waals surface area contributed by atoms with Crippen molar-refractivity contribution in [3.05, 3.63) is 47.5 Å². The molecular formula is C11H11N. The Hall–Kier alpha value is -1.55. The van der Waals surface area contributed by atoms with Crippen LogP contribution >= 0.6 is 0 Å². The highest BCUT2D eigenvalue weighted by atomic mass is 14.2. The number of rotatable bonds is 2. The molecule has 0 unspecified atom stereocenters. The molecule has 1 aromatic carbocycles. The van der Waals surface area contributed by atoms with Gasteiger partial charge in [-0.1, -0.05) is 18.2 Å². The van der Waals surface area contributed by atoms with E-state index in [1.807, 2.05) is 31.2 Å². The van der Waals surface area contributed by atoms with Gasteiger partial charge < -0.3 is 0 Å². The summed E-state index contributed by atoms with van der Waals surface area (Å²) in [6, 6.07) is 8.07. The molecule has 1 nitrogen and oxygen atoms in total. The van der Waals surface area contributed by atoms with Crippen molar-refractivity contribution in [3.8, 4) is 6.07 Å². The average molecular weight is 157 g/mol. The molecule has 0 amide bonds. The molecule has 0 atom stereocenters. The summed E-state index contributed by atoms with van der Waals surface area (Å²) < 4.78 is 0. The van der Waals surface area contributed by atoms with Gasteiger partial charge in [-0.2, -0.15) is 5.26 Å². The minimum Gasteiger partial charge on any atom is -0.192 e. The Morgan fingerprint density at radius 3 is 2.92 bits per heavy atom. The maximum absolute atomic E-state index is 8.74. The van der Waals surface area contributed by atoms with Crippen molar-refractivity contribution in [2.24, 2.45) is 0 Å². The molecule has 0 aliphatic heterocycles. The molecule has 0 bridgehead atoms. The molecule has 0 N–H and O–H groups in total. The zero-order chi connectivity index (χ0) is 8.97. The molecule has 0 aliphatic carbocycles. The molecule has 0 aliphatic rings. The van der Waals surface area contributed by atoms with E-state index in [2.05, 4.69) is 12.6 Å². The lowest BCUT2D eigenvalue weighted by Crippen LogP contribution is -1.86. The fourth-order valence-electron chi connectivity index (χ4n) is 1.08. The third-order valence-corrected chi connectivity index (χ3v) is 1.80. The van der Waals surface area contributed by atoms with Crippen molar-refractivity contribution < 1.29 is 0 Å².